The molecule has 106 valence electrons. The molecule has 0 spiro atoms. The van der Waals surface area contributed by atoms with E-state index in [1.54, 1.807) is 6.92 Å². The minimum absolute atomic E-state index is 0.296. The molecular formula is C15H23NO3. The second kappa shape index (κ2) is 8.67. The molecule has 0 bridgehead atoms. The van der Waals surface area contributed by atoms with Gasteiger partial charge in [0.2, 0.25) is 0 Å². The molecule has 1 aromatic carbocycles. The zero-order valence-corrected chi connectivity index (χ0v) is 11.7. The Labute approximate surface area is 114 Å². The van der Waals surface area contributed by atoms with E-state index in [0.29, 0.717) is 26.2 Å². The molecular weight excluding hydrogens is 242 g/mol. The molecule has 0 unspecified atom stereocenters. The lowest BCUT2D eigenvalue weighted by molar-refractivity contribution is -0.156. The van der Waals surface area contributed by atoms with E-state index >= 15 is 0 Å². The topological polar surface area (TPSA) is 61.5 Å². The van der Waals surface area contributed by atoms with E-state index in [0.717, 1.165) is 12.0 Å². The largest absolute Gasteiger partial charge is 0.464 e. The molecule has 0 radical (unpaired) electrons. The van der Waals surface area contributed by atoms with Crippen molar-refractivity contribution in [2.24, 2.45) is 5.73 Å². The van der Waals surface area contributed by atoms with Crippen molar-refractivity contribution in [3.63, 3.8) is 0 Å². The third-order valence-corrected chi connectivity index (χ3v) is 2.79. The average Bonchev–Trinajstić information content (AvgIpc) is 2.41. The van der Waals surface area contributed by atoms with E-state index in [9.17, 15) is 4.79 Å². The number of carbonyl (C=O) groups is 1. The molecule has 2 N–H and O–H groups in total. The molecule has 0 heterocycles. The molecule has 1 atom stereocenters. The zero-order valence-electron chi connectivity index (χ0n) is 11.7. The second-order valence-corrected chi connectivity index (χ2v) is 4.26. The average molecular weight is 265 g/mol. The number of rotatable bonds is 8. The summed E-state index contributed by atoms with van der Waals surface area (Å²) in [6.07, 6.45) is 0.883. The molecule has 0 aliphatic rings. The third kappa shape index (κ3) is 5.41. The van der Waals surface area contributed by atoms with Crippen LogP contribution in [0.4, 0.5) is 0 Å². The quantitative estimate of drug-likeness (QED) is 0.727. The van der Waals surface area contributed by atoms with E-state index in [-0.39, 0.29) is 5.97 Å². The predicted octanol–water partition coefficient (Wildman–Crippen LogP) is 1.70. The summed E-state index contributed by atoms with van der Waals surface area (Å²) < 4.78 is 10.5. The zero-order chi connectivity index (χ0) is 14.1. The van der Waals surface area contributed by atoms with Gasteiger partial charge < -0.3 is 15.2 Å². The van der Waals surface area contributed by atoms with Crippen molar-refractivity contribution in [1.29, 1.82) is 0 Å². The van der Waals surface area contributed by atoms with Crippen molar-refractivity contribution in [3.8, 4) is 0 Å². The fraction of sp³-hybridized carbons (Fsp3) is 0.533. The molecule has 0 saturated heterocycles. The Hall–Kier alpha value is -1.39. The summed E-state index contributed by atoms with van der Waals surface area (Å²) in [4.78, 5) is 11.7. The highest BCUT2D eigenvalue weighted by Crippen LogP contribution is 2.10. The normalized spacial score (nSPS) is 12.2. The van der Waals surface area contributed by atoms with Crippen molar-refractivity contribution in [1.82, 2.24) is 0 Å². The van der Waals surface area contributed by atoms with Gasteiger partial charge in [0.1, 0.15) is 0 Å². The summed E-state index contributed by atoms with van der Waals surface area (Å²) in [6, 6.07) is 8.10. The molecule has 0 aliphatic carbocycles. The van der Waals surface area contributed by atoms with Gasteiger partial charge in [-0.05, 0) is 37.9 Å². The standard InChI is InChI=1S/C15H23NO3/c1-3-18-14(15(17)19-4-2)11-13-7-5-12(6-8-13)9-10-16/h5-8,14H,3-4,9-11,16H2,1-2H3/t14-/m0/s1. The first-order chi connectivity index (χ1) is 9.21. The summed E-state index contributed by atoms with van der Waals surface area (Å²) >= 11 is 0. The smallest absolute Gasteiger partial charge is 0.335 e. The van der Waals surface area contributed by atoms with Gasteiger partial charge in [-0.25, -0.2) is 4.79 Å². The Morgan fingerprint density at radius 3 is 2.32 bits per heavy atom. The first-order valence-corrected chi connectivity index (χ1v) is 6.77. The molecule has 0 saturated carbocycles. The first-order valence-electron chi connectivity index (χ1n) is 6.77. The number of benzene rings is 1. The van der Waals surface area contributed by atoms with Gasteiger partial charge in [-0.1, -0.05) is 24.3 Å². The lowest BCUT2D eigenvalue weighted by atomic mass is 10.0. The van der Waals surface area contributed by atoms with E-state index in [2.05, 4.69) is 0 Å². The second-order valence-electron chi connectivity index (χ2n) is 4.26. The number of hydrogen-bond donors (Lipinski definition) is 1. The van der Waals surface area contributed by atoms with Gasteiger partial charge in [0.25, 0.3) is 0 Å². The Kier molecular flexibility index (Phi) is 7.15. The third-order valence-electron chi connectivity index (χ3n) is 2.79. The monoisotopic (exact) mass is 265 g/mol. The highest BCUT2D eigenvalue weighted by molar-refractivity contribution is 5.75. The number of carbonyl (C=O) groups excluding carboxylic acids is 1. The molecule has 19 heavy (non-hydrogen) atoms. The Bertz CT molecular complexity index is 375. The van der Waals surface area contributed by atoms with Crippen molar-refractivity contribution in [2.75, 3.05) is 19.8 Å². The van der Waals surface area contributed by atoms with Crippen LogP contribution in [0.1, 0.15) is 25.0 Å². The molecule has 4 heteroatoms. The van der Waals surface area contributed by atoms with Crippen molar-refractivity contribution < 1.29 is 14.3 Å². The van der Waals surface area contributed by atoms with Crippen LogP contribution >= 0.6 is 0 Å². The van der Waals surface area contributed by atoms with Crippen molar-refractivity contribution in [3.05, 3.63) is 35.4 Å². The molecule has 0 amide bonds. The lowest BCUT2D eigenvalue weighted by Gasteiger charge is -2.15. The summed E-state index contributed by atoms with van der Waals surface area (Å²) in [7, 11) is 0. The lowest BCUT2D eigenvalue weighted by Crippen LogP contribution is -2.29. The molecule has 0 fully saturated rings. The SMILES string of the molecule is CCOC(=O)[C@H](Cc1ccc(CCN)cc1)OCC. The van der Waals surface area contributed by atoms with E-state index in [4.69, 9.17) is 15.2 Å². The molecule has 1 rings (SSSR count). The predicted molar refractivity (Wildman–Crippen MR) is 75.0 cm³/mol. The Morgan fingerprint density at radius 2 is 1.79 bits per heavy atom. The van der Waals surface area contributed by atoms with Crippen LogP contribution in [0.2, 0.25) is 0 Å². The van der Waals surface area contributed by atoms with E-state index < -0.39 is 6.10 Å². The highest BCUT2D eigenvalue weighted by atomic mass is 16.6. The molecule has 1 aromatic rings. The van der Waals surface area contributed by atoms with Gasteiger partial charge in [0, 0.05) is 13.0 Å². The van der Waals surface area contributed by atoms with Crippen LogP contribution in [0.15, 0.2) is 24.3 Å². The maximum absolute atomic E-state index is 11.7. The fourth-order valence-corrected chi connectivity index (χ4v) is 1.87. The minimum atomic E-state index is -0.523. The van der Waals surface area contributed by atoms with Crippen molar-refractivity contribution >= 4 is 5.97 Å². The summed E-state index contributed by atoms with van der Waals surface area (Å²) in [5.41, 5.74) is 7.78. The fourth-order valence-electron chi connectivity index (χ4n) is 1.87. The van der Waals surface area contributed by atoms with Gasteiger partial charge in [-0.3, -0.25) is 0 Å². The first kappa shape index (κ1) is 15.7. The Balaban J connectivity index is 2.64. The van der Waals surface area contributed by atoms with Crippen LogP contribution in [0.3, 0.4) is 0 Å². The van der Waals surface area contributed by atoms with Crippen LogP contribution < -0.4 is 5.73 Å². The summed E-state index contributed by atoms with van der Waals surface area (Å²) in [6.45, 7) is 5.18. The molecule has 4 nitrogen and oxygen atoms in total. The van der Waals surface area contributed by atoms with Gasteiger partial charge >= 0.3 is 5.97 Å². The van der Waals surface area contributed by atoms with Gasteiger partial charge in [-0.15, -0.1) is 0 Å². The van der Waals surface area contributed by atoms with Crippen LogP contribution in [-0.4, -0.2) is 31.8 Å². The van der Waals surface area contributed by atoms with Gasteiger partial charge in [-0.2, -0.15) is 0 Å². The number of hydrogen-bond acceptors (Lipinski definition) is 4. The minimum Gasteiger partial charge on any atom is -0.464 e. The Morgan fingerprint density at radius 1 is 1.16 bits per heavy atom. The van der Waals surface area contributed by atoms with Gasteiger partial charge in [0.15, 0.2) is 6.10 Å². The van der Waals surface area contributed by atoms with Crippen LogP contribution in [0.25, 0.3) is 0 Å². The van der Waals surface area contributed by atoms with E-state index in [1.807, 2.05) is 31.2 Å². The van der Waals surface area contributed by atoms with E-state index in [1.165, 1.54) is 5.56 Å². The summed E-state index contributed by atoms with van der Waals surface area (Å²) in [5, 5.41) is 0. The molecule has 0 aromatic heterocycles. The number of nitrogens with two attached hydrogens (primary N) is 1. The maximum Gasteiger partial charge on any atom is 0.335 e. The van der Waals surface area contributed by atoms with Crippen LogP contribution in [0, 0.1) is 0 Å². The highest BCUT2D eigenvalue weighted by Gasteiger charge is 2.20. The molecule has 0 aliphatic heterocycles. The summed E-state index contributed by atoms with van der Waals surface area (Å²) in [5.74, 6) is -0.296. The van der Waals surface area contributed by atoms with Crippen molar-refractivity contribution in [2.45, 2.75) is 32.8 Å². The maximum atomic E-state index is 11.7. The number of ether oxygens (including phenoxy) is 2. The van der Waals surface area contributed by atoms with Crippen LogP contribution in [-0.2, 0) is 27.1 Å². The van der Waals surface area contributed by atoms with Crippen LogP contribution in [0.5, 0.6) is 0 Å². The van der Waals surface area contributed by atoms with Gasteiger partial charge in [0.05, 0.1) is 6.61 Å². The number of esters is 1.